The zero-order valence-electron chi connectivity index (χ0n) is 8.53. The van der Waals surface area contributed by atoms with Crippen LogP contribution in [0.2, 0.25) is 0 Å². The van der Waals surface area contributed by atoms with Gasteiger partial charge >= 0.3 is 0 Å². The van der Waals surface area contributed by atoms with Gasteiger partial charge in [-0.15, -0.1) is 0 Å². The quantitative estimate of drug-likeness (QED) is 0.739. The number of nitrogens with two attached hydrogens (primary N) is 1. The largest absolute Gasteiger partial charge is 0.339 e. The highest BCUT2D eigenvalue weighted by molar-refractivity contribution is 5.70. The van der Waals surface area contributed by atoms with E-state index in [1.807, 2.05) is 12.1 Å². The highest BCUT2D eigenvalue weighted by Gasteiger charge is 2.34. The first-order valence-electron chi connectivity index (χ1n) is 5.38. The Hall–Kier alpha value is -1.42. The van der Waals surface area contributed by atoms with Crippen LogP contribution < -0.4 is 5.73 Å². The van der Waals surface area contributed by atoms with Gasteiger partial charge in [-0.25, -0.2) is 9.97 Å². The summed E-state index contributed by atoms with van der Waals surface area (Å²) in [6, 6.07) is 3.89. The van der Waals surface area contributed by atoms with Gasteiger partial charge in [0.25, 0.3) is 0 Å². The van der Waals surface area contributed by atoms with Crippen molar-refractivity contribution in [1.82, 2.24) is 15.0 Å². The smallest absolute Gasteiger partial charge is 0.177 e. The fourth-order valence-corrected chi connectivity index (χ4v) is 2.32. The van der Waals surface area contributed by atoms with Crippen molar-refractivity contribution in [2.45, 2.75) is 31.2 Å². The molecule has 78 valence electrons. The molecule has 0 radical (unpaired) electrons. The lowest BCUT2D eigenvalue weighted by atomic mass is 9.99. The molecule has 0 unspecified atom stereocenters. The minimum absolute atomic E-state index is 0.249. The third-order valence-corrected chi connectivity index (χ3v) is 3.22. The number of hydrogen-bond acceptors (Lipinski definition) is 3. The minimum Gasteiger partial charge on any atom is -0.339 e. The second-order valence-corrected chi connectivity index (χ2v) is 4.32. The fourth-order valence-electron chi connectivity index (χ4n) is 2.32. The zero-order valence-corrected chi connectivity index (χ0v) is 8.53. The molecule has 1 aliphatic carbocycles. The molecule has 3 N–H and O–H groups in total. The molecular formula is C11H14N4. The maximum atomic E-state index is 6.32. The molecule has 0 atom stereocenters. The molecule has 0 aliphatic heterocycles. The summed E-state index contributed by atoms with van der Waals surface area (Å²) < 4.78 is 0. The van der Waals surface area contributed by atoms with E-state index in [0.29, 0.717) is 0 Å². The van der Waals surface area contributed by atoms with E-state index in [-0.39, 0.29) is 5.54 Å². The summed E-state index contributed by atoms with van der Waals surface area (Å²) in [6.07, 6.45) is 6.19. The minimum atomic E-state index is -0.249. The van der Waals surface area contributed by atoms with Gasteiger partial charge in [-0.05, 0) is 25.0 Å². The molecule has 2 aromatic heterocycles. The Morgan fingerprint density at radius 1 is 1.33 bits per heavy atom. The number of pyridine rings is 1. The third-order valence-electron chi connectivity index (χ3n) is 3.22. The Morgan fingerprint density at radius 2 is 2.13 bits per heavy atom. The number of nitrogens with zero attached hydrogens (tertiary/aromatic N) is 2. The monoisotopic (exact) mass is 202 g/mol. The van der Waals surface area contributed by atoms with Gasteiger partial charge in [0.1, 0.15) is 5.82 Å². The molecular weight excluding hydrogens is 188 g/mol. The average Bonchev–Trinajstić information content (AvgIpc) is 2.84. The number of rotatable bonds is 1. The summed E-state index contributed by atoms with van der Waals surface area (Å²) in [6.45, 7) is 0. The lowest BCUT2D eigenvalue weighted by Crippen LogP contribution is -2.34. The maximum absolute atomic E-state index is 6.32. The summed E-state index contributed by atoms with van der Waals surface area (Å²) in [4.78, 5) is 12.0. The molecule has 15 heavy (non-hydrogen) atoms. The molecule has 1 fully saturated rings. The van der Waals surface area contributed by atoms with Crippen molar-refractivity contribution in [1.29, 1.82) is 0 Å². The molecule has 1 aliphatic rings. The molecule has 3 rings (SSSR count). The van der Waals surface area contributed by atoms with Gasteiger partial charge in [0.15, 0.2) is 5.65 Å². The van der Waals surface area contributed by atoms with Crippen LogP contribution in [0.15, 0.2) is 18.3 Å². The number of aromatic nitrogens is 3. The van der Waals surface area contributed by atoms with Gasteiger partial charge < -0.3 is 10.7 Å². The summed E-state index contributed by atoms with van der Waals surface area (Å²) in [7, 11) is 0. The molecule has 0 spiro atoms. The van der Waals surface area contributed by atoms with Crippen molar-refractivity contribution < 1.29 is 0 Å². The molecule has 2 heterocycles. The van der Waals surface area contributed by atoms with E-state index in [1.54, 1.807) is 6.20 Å². The van der Waals surface area contributed by atoms with Crippen LogP contribution in [-0.4, -0.2) is 15.0 Å². The maximum Gasteiger partial charge on any atom is 0.177 e. The first-order chi connectivity index (χ1) is 7.28. The predicted octanol–water partition coefficient (Wildman–Crippen LogP) is 1.69. The summed E-state index contributed by atoms with van der Waals surface area (Å²) in [5.41, 5.74) is 7.82. The van der Waals surface area contributed by atoms with Gasteiger partial charge in [0.05, 0.1) is 11.1 Å². The number of fused-ring (bicyclic) bond motifs is 1. The van der Waals surface area contributed by atoms with Crippen molar-refractivity contribution in [3.05, 3.63) is 24.2 Å². The van der Waals surface area contributed by atoms with E-state index in [2.05, 4.69) is 15.0 Å². The van der Waals surface area contributed by atoms with Crippen molar-refractivity contribution >= 4 is 11.2 Å². The van der Waals surface area contributed by atoms with Crippen LogP contribution in [-0.2, 0) is 5.54 Å². The Bertz CT molecular complexity index is 449. The predicted molar refractivity (Wildman–Crippen MR) is 58.2 cm³/mol. The van der Waals surface area contributed by atoms with E-state index in [4.69, 9.17) is 5.73 Å². The fraction of sp³-hybridized carbons (Fsp3) is 0.455. The van der Waals surface area contributed by atoms with Crippen LogP contribution in [0.25, 0.3) is 11.2 Å². The van der Waals surface area contributed by atoms with Gasteiger partial charge in [-0.2, -0.15) is 0 Å². The van der Waals surface area contributed by atoms with E-state index < -0.39 is 0 Å². The number of H-pyrrole nitrogens is 1. The third kappa shape index (κ3) is 1.33. The van der Waals surface area contributed by atoms with Crippen molar-refractivity contribution in [3.8, 4) is 0 Å². The molecule has 0 saturated heterocycles. The topological polar surface area (TPSA) is 67.6 Å². The normalized spacial score (nSPS) is 19.8. The van der Waals surface area contributed by atoms with Gasteiger partial charge in [-0.3, -0.25) is 0 Å². The summed E-state index contributed by atoms with van der Waals surface area (Å²) >= 11 is 0. The first kappa shape index (κ1) is 8.85. The van der Waals surface area contributed by atoms with Crippen LogP contribution in [0.4, 0.5) is 0 Å². The number of imidazole rings is 1. The summed E-state index contributed by atoms with van der Waals surface area (Å²) in [5, 5.41) is 0. The van der Waals surface area contributed by atoms with E-state index in [1.165, 1.54) is 12.8 Å². The highest BCUT2D eigenvalue weighted by atomic mass is 15.0. The molecule has 2 aromatic rings. The molecule has 4 nitrogen and oxygen atoms in total. The van der Waals surface area contributed by atoms with Crippen LogP contribution in [0.5, 0.6) is 0 Å². The molecule has 0 bridgehead atoms. The van der Waals surface area contributed by atoms with Crippen LogP contribution in [0.3, 0.4) is 0 Å². The molecule has 0 aromatic carbocycles. The van der Waals surface area contributed by atoms with E-state index in [0.717, 1.165) is 29.8 Å². The van der Waals surface area contributed by atoms with E-state index in [9.17, 15) is 0 Å². The summed E-state index contributed by atoms with van der Waals surface area (Å²) in [5.74, 6) is 0.897. The van der Waals surface area contributed by atoms with Crippen molar-refractivity contribution in [2.24, 2.45) is 5.73 Å². The van der Waals surface area contributed by atoms with Gasteiger partial charge in [0, 0.05) is 6.20 Å². The van der Waals surface area contributed by atoms with Gasteiger partial charge in [0.2, 0.25) is 0 Å². The first-order valence-corrected chi connectivity index (χ1v) is 5.38. The Labute approximate surface area is 87.9 Å². The van der Waals surface area contributed by atoms with Crippen LogP contribution >= 0.6 is 0 Å². The number of aromatic amines is 1. The lowest BCUT2D eigenvalue weighted by Gasteiger charge is -2.19. The molecule has 0 amide bonds. The van der Waals surface area contributed by atoms with Crippen molar-refractivity contribution in [2.75, 3.05) is 0 Å². The second-order valence-electron chi connectivity index (χ2n) is 4.32. The zero-order chi connectivity index (χ0) is 10.3. The standard InChI is InChI=1S/C11H14N4/c12-11(5-1-2-6-11)10-14-8-4-3-7-13-9(8)15-10/h3-4,7H,1-2,5-6,12H2,(H,13,14,15). The Morgan fingerprint density at radius 3 is 2.87 bits per heavy atom. The number of hydrogen-bond donors (Lipinski definition) is 2. The van der Waals surface area contributed by atoms with E-state index >= 15 is 0 Å². The molecule has 1 saturated carbocycles. The van der Waals surface area contributed by atoms with Crippen LogP contribution in [0, 0.1) is 0 Å². The Balaban J connectivity index is 2.11. The molecule has 4 heteroatoms. The average molecular weight is 202 g/mol. The van der Waals surface area contributed by atoms with Crippen molar-refractivity contribution in [3.63, 3.8) is 0 Å². The highest BCUT2D eigenvalue weighted by Crippen LogP contribution is 2.35. The second kappa shape index (κ2) is 3.03. The Kier molecular flexibility index (Phi) is 1.79. The number of nitrogens with one attached hydrogen (secondary N) is 1. The lowest BCUT2D eigenvalue weighted by molar-refractivity contribution is 0.437. The SMILES string of the molecule is NC1(c2nc3ncccc3[nH]2)CCCC1. The van der Waals surface area contributed by atoms with Gasteiger partial charge in [-0.1, -0.05) is 12.8 Å². The van der Waals surface area contributed by atoms with Crippen LogP contribution in [0.1, 0.15) is 31.5 Å².